The summed E-state index contributed by atoms with van der Waals surface area (Å²) in [4.78, 5) is 18.5. The smallest absolute Gasteiger partial charge is 0.242 e. The standard InChI is InChI=1S/C19H25N5O.HI/c1-20-19(21-9-13-23-10-4-5-11-23)22-14-18(25)24-12-8-16-6-2-3-7-17(16)15-24;/h2-7,10-11H,8-9,12-15H2,1H3,(H2,20,21,22);1H. The van der Waals surface area contributed by atoms with Gasteiger partial charge in [-0.1, -0.05) is 24.3 Å². The number of carbonyl (C=O) groups excluding carboxylic acids is 1. The molecule has 0 aliphatic carbocycles. The molecule has 0 unspecified atom stereocenters. The molecule has 0 atom stereocenters. The summed E-state index contributed by atoms with van der Waals surface area (Å²) in [6.45, 7) is 3.32. The second kappa shape index (κ2) is 10.2. The van der Waals surface area contributed by atoms with Crippen LogP contribution in [0.4, 0.5) is 0 Å². The number of carbonyl (C=O) groups is 1. The lowest BCUT2D eigenvalue weighted by molar-refractivity contribution is -0.130. The van der Waals surface area contributed by atoms with Crippen LogP contribution in [0.15, 0.2) is 53.8 Å². The fourth-order valence-corrected chi connectivity index (χ4v) is 3.02. The van der Waals surface area contributed by atoms with Crippen LogP contribution in [-0.4, -0.2) is 48.0 Å². The molecule has 2 N–H and O–H groups in total. The van der Waals surface area contributed by atoms with E-state index >= 15 is 0 Å². The number of benzene rings is 1. The number of halogens is 1. The quantitative estimate of drug-likeness (QED) is 0.401. The summed E-state index contributed by atoms with van der Waals surface area (Å²) in [5.74, 6) is 0.751. The zero-order valence-electron chi connectivity index (χ0n) is 15.0. The van der Waals surface area contributed by atoms with Gasteiger partial charge in [-0.15, -0.1) is 24.0 Å². The van der Waals surface area contributed by atoms with E-state index in [1.54, 1.807) is 7.05 Å². The molecule has 26 heavy (non-hydrogen) atoms. The minimum Gasteiger partial charge on any atom is -0.355 e. The molecule has 0 fully saturated rings. The van der Waals surface area contributed by atoms with E-state index in [4.69, 9.17) is 0 Å². The van der Waals surface area contributed by atoms with Crippen molar-refractivity contribution >= 4 is 35.8 Å². The van der Waals surface area contributed by atoms with Gasteiger partial charge in [-0.05, 0) is 29.7 Å². The first-order valence-electron chi connectivity index (χ1n) is 8.66. The molecule has 1 aliphatic heterocycles. The second-order valence-corrected chi connectivity index (χ2v) is 6.11. The molecule has 140 valence electrons. The molecule has 0 saturated heterocycles. The monoisotopic (exact) mass is 467 g/mol. The van der Waals surface area contributed by atoms with E-state index in [0.29, 0.717) is 12.5 Å². The molecule has 0 saturated carbocycles. The Hall–Kier alpha value is -2.03. The van der Waals surface area contributed by atoms with Gasteiger partial charge < -0.3 is 20.1 Å². The van der Waals surface area contributed by atoms with E-state index in [-0.39, 0.29) is 36.4 Å². The van der Waals surface area contributed by atoms with E-state index in [1.807, 2.05) is 35.5 Å². The summed E-state index contributed by atoms with van der Waals surface area (Å²) < 4.78 is 2.09. The summed E-state index contributed by atoms with van der Waals surface area (Å²) in [6.07, 6.45) is 4.97. The normalized spacial score (nSPS) is 13.6. The SMILES string of the molecule is CN=C(NCCn1cccc1)NCC(=O)N1CCc2ccccc2C1.I. The molecular weight excluding hydrogens is 441 g/mol. The largest absolute Gasteiger partial charge is 0.355 e. The fraction of sp³-hybridized carbons (Fsp3) is 0.368. The molecule has 2 aromatic rings. The number of hydrogen-bond acceptors (Lipinski definition) is 2. The van der Waals surface area contributed by atoms with Crippen molar-refractivity contribution in [3.05, 3.63) is 59.9 Å². The van der Waals surface area contributed by atoms with Crippen LogP contribution in [0.3, 0.4) is 0 Å². The first-order valence-corrected chi connectivity index (χ1v) is 8.66. The van der Waals surface area contributed by atoms with Crippen molar-refractivity contribution in [2.45, 2.75) is 19.5 Å². The number of guanidine groups is 1. The number of nitrogens with one attached hydrogen (secondary N) is 2. The van der Waals surface area contributed by atoms with Gasteiger partial charge in [0.15, 0.2) is 5.96 Å². The summed E-state index contributed by atoms with van der Waals surface area (Å²) in [5.41, 5.74) is 2.60. The molecular formula is C19H26IN5O. The molecule has 3 rings (SSSR count). The minimum absolute atomic E-state index is 0. The number of nitrogens with zero attached hydrogens (tertiary/aromatic N) is 3. The van der Waals surface area contributed by atoms with E-state index in [2.05, 4.69) is 38.4 Å². The second-order valence-electron chi connectivity index (χ2n) is 6.11. The minimum atomic E-state index is 0. The average Bonchev–Trinajstić information content (AvgIpc) is 3.17. The fourth-order valence-electron chi connectivity index (χ4n) is 3.02. The van der Waals surface area contributed by atoms with Crippen molar-refractivity contribution in [2.75, 3.05) is 26.7 Å². The van der Waals surface area contributed by atoms with Gasteiger partial charge >= 0.3 is 0 Å². The third-order valence-electron chi connectivity index (χ3n) is 4.44. The predicted octanol–water partition coefficient (Wildman–Crippen LogP) is 1.86. The zero-order valence-corrected chi connectivity index (χ0v) is 17.3. The Morgan fingerprint density at radius 3 is 2.58 bits per heavy atom. The highest BCUT2D eigenvalue weighted by molar-refractivity contribution is 14.0. The van der Waals surface area contributed by atoms with Crippen LogP contribution in [0, 0.1) is 0 Å². The highest BCUT2D eigenvalue weighted by atomic mass is 127. The van der Waals surface area contributed by atoms with Gasteiger partial charge in [-0.25, -0.2) is 0 Å². The maximum atomic E-state index is 12.5. The molecule has 0 radical (unpaired) electrons. The van der Waals surface area contributed by atoms with Crippen molar-refractivity contribution in [3.8, 4) is 0 Å². The Kier molecular flexibility index (Phi) is 7.96. The van der Waals surface area contributed by atoms with Crippen LogP contribution in [0.2, 0.25) is 0 Å². The Balaban J connectivity index is 0.00000243. The number of fused-ring (bicyclic) bond motifs is 1. The van der Waals surface area contributed by atoms with Crippen molar-refractivity contribution < 1.29 is 4.79 Å². The number of aromatic nitrogens is 1. The Bertz CT molecular complexity index is 729. The van der Waals surface area contributed by atoms with Gasteiger partial charge in [0.2, 0.25) is 5.91 Å². The van der Waals surface area contributed by atoms with Crippen LogP contribution >= 0.6 is 24.0 Å². The van der Waals surface area contributed by atoms with Crippen molar-refractivity contribution in [2.24, 2.45) is 4.99 Å². The topological polar surface area (TPSA) is 61.7 Å². The first-order chi connectivity index (χ1) is 12.3. The van der Waals surface area contributed by atoms with Gasteiger partial charge in [-0.2, -0.15) is 0 Å². The number of hydrogen-bond donors (Lipinski definition) is 2. The molecule has 1 aromatic carbocycles. The Morgan fingerprint density at radius 2 is 1.85 bits per heavy atom. The zero-order chi connectivity index (χ0) is 17.5. The molecule has 0 spiro atoms. The van der Waals surface area contributed by atoms with Crippen LogP contribution in [0.5, 0.6) is 0 Å². The molecule has 2 heterocycles. The average molecular weight is 467 g/mol. The number of amides is 1. The van der Waals surface area contributed by atoms with Crippen LogP contribution in [0.25, 0.3) is 0 Å². The van der Waals surface area contributed by atoms with Gasteiger partial charge in [0.05, 0.1) is 6.54 Å². The van der Waals surface area contributed by atoms with Crippen molar-refractivity contribution in [3.63, 3.8) is 0 Å². The molecule has 1 aliphatic rings. The predicted molar refractivity (Wildman–Crippen MR) is 115 cm³/mol. The summed E-state index contributed by atoms with van der Waals surface area (Å²) in [6, 6.07) is 12.3. The maximum Gasteiger partial charge on any atom is 0.242 e. The van der Waals surface area contributed by atoms with Crippen LogP contribution < -0.4 is 10.6 Å². The van der Waals surface area contributed by atoms with Gasteiger partial charge in [-0.3, -0.25) is 9.79 Å². The lowest BCUT2D eigenvalue weighted by Crippen LogP contribution is -2.46. The van der Waals surface area contributed by atoms with Crippen molar-refractivity contribution in [1.82, 2.24) is 20.1 Å². The maximum absolute atomic E-state index is 12.5. The van der Waals surface area contributed by atoms with E-state index in [9.17, 15) is 4.79 Å². The van der Waals surface area contributed by atoms with Crippen LogP contribution in [0.1, 0.15) is 11.1 Å². The first kappa shape index (κ1) is 20.3. The van der Waals surface area contributed by atoms with Crippen molar-refractivity contribution in [1.29, 1.82) is 0 Å². The lowest BCUT2D eigenvalue weighted by atomic mass is 10.00. The van der Waals surface area contributed by atoms with Gasteiger partial charge in [0.25, 0.3) is 0 Å². The Morgan fingerprint density at radius 1 is 1.12 bits per heavy atom. The third kappa shape index (κ3) is 5.48. The third-order valence-corrected chi connectivity index (χ3v) is 4.44. The Labute approximate surface area is 171 Å². The van der Waals surface area contributed by atoms with Gasteiger partial charge in [0.1, 0.15) is 0 Å². The molecule has 0 bridgehead atoms. The highest BCUT2D eigenvalue weighted by Crippen LogP contribution is 2.18. The highest BCUT2D eigenvalue weighted by Gasteiger charge is 2.20. The van der Waals surface area contributed by atoms with Gasteiger partial charge in [0, 0.05) is 45.6 Å². The molecule has 6 nitrogen and oxygen atoms in total. The summed E-state index contributed by atoms with van der Waals surface area (Å²) >= 11 is 0. The lowest BCUT2D eigenvalue weighted by Gasteiger charge is -2.29. The summed E-state index contributed by atoms with van der Waals surface area (Å²) in [5, 5.41) is 6.34. The molecule has 1 aromatic heterocycles. The molecule has 1 amide bonds. The molecule has 7 heteroatoms. The number of aliphatic imine (C=N–C) groups is 1. The van der Waals surface area contributed by atoms with Crippen LogP contribution in [-0.2, 0) is 24.3 Å². The number of rotatable bonds is 5. The summed E-state index contributed by atoms with van der Waals surface area (Å²) in [7, 11) is 1.71. The van der Waals surface area contributed by atoms with E-state index < -0.39 is 0 Å². The van der Waals surface area contributed by atoms with E-state index in [0.717, 1.165) is 26.1 Å². The van der Waals surface area contributed by atoms with E-state index in [1.165, 1.54) is 11.1 Å².